The van der Waals surface area contributed by atoms with Crippen molar-refractivity contribution in [3.8, 4) is 5.75 Å². The summed E-state index contributed by atoms with van der Waals surface area (Å²) in [5.41, 5.74) is 1.34. The zero-order valence-corrected chi connectivity index (χ0v) is 16.7. The van der Waals surface area contributed by atoms with Gasteiger partial charge in [0.2, 0.25) is 0 Å². The molecule has 1 fully saturated rings. The van der Waals surface area contributed by atoms with Crippen LogP contribution in [0.5, 0.6) is 5.75 Å². The maximum absolute atomic E-state index is 10.3. The predicted molar refractivity (Wildman–Crippen MR) is 113 cm³/mol. The molecule has 146 valence electrons. The van der Waals surface area contributed by atoms with Gasteiger partial charge in [-0.25, -0.2) is 0 Å². The molecule has 1 saturated carbocycles. The molecule has 0 aliphatic heterocycles. The molecule has 1 aliphatic carbocycles. The van der Waals surface area contributed by atoms with Crippen molar-refractivity contribution in [2.24, 2.45) is 0 Å². The standard InChI is InChI=1S/C25H28O3/c1-24(26)12-14-25(27-2,15-13-24)22-8-5-9-23(17-22)28-18-19-10-11-20-6-3-4-7-21(20)16-19/h3-11,16-17,26H,12-15,18H2,1-2H3. The number of aliphatic hydroxyl groups is 1. The lowest BCUT2D eigenvalue weighted by molar-refractivity contribution is -0.0981. The third kappa shape index (κ3) is 3.91. The maximum atomic E-state index is 10.3. The van der Waals surface area contributed by atoms with Crippen molar-refractivity contribution in [1.82, 2.24) is 0 Å². The first kappa shape index (κ1) is 19.0. The first-order valence-electron chi connectivity index (χ1n) is 9.98. The minimum atomic E-state index is -0.591. The van der Waals surface area contributed by atoms with Crippen LogP contribution >= 0.6 is 0 Å². The second-order valence-electron chi connectivity index (χ2n) is 8.19. The Balaban J connectivity index is 1.50. The summed E-state index contributed by atoms with van der Waals surface area (Å²) in [5, 5.41) is 12.8. The molecule has 1 aliphatic rings. The normalized spacial score (nSPS) is 25.0. The molecular formula is C25H28O3. The van der Waals surface area contributed by atoms with Gasteiger partial charge in [0, 0.05) is 7.11 Å². The molecular weight excluding hydrogens is 348 g/mol. The van der Waals surface area contributed by atoms with E-state index in [1.807, 2.05) is 19.1 Å². The molecule has 4 rings (SSSR count). The van der Waals surface area contributed by atoms with E-state index in [-0.39, 0.29) is 5.60 Å². The molecule has 28 heavy (non-hydrogen) atoms. The van der Waals surface area contributed by atoms with E-state index in [2.05, 4.69) is 54.6 Å². The van der Waals surface area contributed by atoms with E-state index in [1.54, 1.807) is 7.11 Å². The Kier molecular flexibility index (Phi) is 5.13. The van der Waals surface area contributed by atoms with E-state index in [0.717, 1.165) is 42.6 Å². The molecule has 0 saturated heterocycles. The molecule has 0 atom stereocenters. The first-order chi connectivity index (χ1) is 13.5. The van der Waals surface area contributed by atoms with Crippen LogP contribution in [0.15, 0.2) is 66.7 Å². The van der Waals surface area contributed by atoms with Crippen molar-refractivity contribution < 1.29 is 14.6 Å². The Bertz CT molecular complexity index is 951. The quantitative estimate of drug-likeness (QED) is 0.631. The zero-order chi connectivity index (χ0) is 19.6. The molecule has 0 bridgehead atoms. The predicted octanol–water partition coefficient (Wildman–Crippen LogP) is 5.59. The highest BCUT2D eigenvalue weighted by molar-refractivity contribution is 5.82. The van der Waals surface area contributed by atoms with Crippen LogP contribution in [0, 0.1) is 0 Å². The molecule has 0 radical (unpaired) electrons. The van der Waals surface area contributed by atoms with E-state index in [9.17, 15) is 5.11 Å². The molecule has 1 N–H and O–H groups in total. The number of benzene rings is 3. The van der Waals surface area contributed by atoms with Crippen molar-refractivity contribution in [1.29, 1.82) is 0 Å². The number of fused-ring (bicyclic) bond motifs is 1. The van der Waals surface area contributed by atoms with Crippen LogP contribution in [0.2, 0.25) is 0 Å². The van der Waals surface area contributed by atoms with Crippen LogP contribution in [-0.4, -0.2) is 17.8 Å². The van der Waals surface area contributed by atoms with Gasteiger partial charge in [-0.3, -0.25) is 0 Å². The lowest BCUT2D eigenvalue weighted by Crippen LogP contribution is -2.40. The van der Waals surface area contributed by atoms with Gasteiger partial charge in [0.1, 0.15) is 12.4 Å². The van der Waals surface area contributed by atoms with E-state index < -0.39 is 5.60 Å². The molecule has 0 amide bonds. The van der Waals surface area contributed by atoms with Gasteiger partial charge in [-0.05, 0) is 72.7 Å². The molecule has 0 spiro atoms. The molecule has 3 nitrogen and oxygen atoms in total. The SMILES string of the molecule is COC1(c2cccc(OCc3ccc4ccccc4c3)c2)CCC(C)(O)CC1. The van der Waals surface area contributed by atoms with E-state index in [0.29, 0.717) is 6.61 Å². The van der Waals surface area contributed by atoms with Crippen LogP contribution in [0.4, 0.5) is 0 Å². The Morgan fingerprint density at radius 2 is 1.61 bits per heavy atom. The lowest BCUT2D eigenvalue weighted by Gasteiger charge is -2.42. The van der Waals surface area contributed by atoms with Gasteiger partial charge in [0.25, 0.3) is 0 Å². The van der Waals surface area contributed by atoms with Gasteiger partial charge in [-0.15, -0.1) is 0 Å². The Hall–Kier alpha value is -2.36. The number of hydrogen-bond donors (Lipinski definition) is 1. The summed E-state index contributed by atoms with van der Waals surface area (Å²) in [5.74, 6) is 0.847. The second kappa shape index (κ2) is 7.57. The highest BCUT2D eigenvalue weighted by Crippen LogP contribution is 2.44. The van der Waals surface area contributed by atoms with E-state index in [1.165, 1.54) is 10.8 Å². The van der Waals surface area contributed by atoms with E-state index in [4.69, 9.17) is 9.47 Å². The second-order valence-corrected chi connectivity index (χ2v) is 8.19. The summed E-state index contributed by atoms with van der Waals surface area (Å²) in [6.45, 7) is 2.44. The molecule has 0 unspecified atom stereocenters. The number of methoxy groups -OCH3 is 1. The fourth-order valence-electron chi connectivity index (χ4n) is 4.17. The van der Waals surface area contributed by atoms with Crippen molar-refractivity contribution in [2.75, 3.05) is 7.11 Å². The number of hydrogen-bond acceptors (Lipinski definition) is 3. The number of rotatable bonds is 5. The molecule has 0 aromatic heterocycles. The largest absolute Gasteiger partial charge is 0.489 e. The van der Waals surface area contributed by atoms with E-state index >= 15 is 0 Å². The Morgan fingerprint density at radius 3 is 2.36 bits per heavy atom. The van der Waals surface area contributed by atoms with Crippen LogP contribution in [0.1, 0.15) is 43.7 Å². The molecule has 0 heterocycles. The molecule has 3 heteroatoms. The summed E-state index contributed by atoms with van der Waals surface area (Å²) in [7, 11) is 1.77. The monoisotopic (exact) mass is 376 g/mol. The summed E-state index contributed by atoms with van der Waals surface area (Å²) in [4.78, 5) is 0. The fraction of sp³-hybridized carbons (Fsp3) is 0.360. The minimum Gasteiger partial charge on any atom is -0.489 e. The summed E-state index contributed by atoms with van der Waals surface area (Å²) < 4.78 is 12.1. The van der Waals surface area contributed by atoms with Crippen LogP contribution in [0.3, 0.4) is 0 Å². The average Bonchev–Trinajstić information content (AvgIpc) is 2.73. The topological polar surface area (TPSA) is 38.7 Å². The van der Waals surface area contributed by atoms with Gasteiger partial charge in [-0.2, -0.15) is 0 Å². The smallest absolute Gasteiger partial charge is 0.120 e. The maximum Gasteiger partial charge on any atom is 0.120 e. The number of ether oxygens (including phenoxy) is 2. The molecule has 3 aromatic rings. The van der Waals surface area contributed by atoms with Gasteiger partial charge in [0.05, 0.1) is 11.2 Å². The lowest BCUT2D eigenvalue weighted by atomic mass is 9.73. The van der Waals surface area contributed by atoms with Gasteiger partial charge < -0.3 is 14.6 Å². The summed E-state index contributed by atoms with van der Waals surface area (Å²) >= 11 is 0. The van der Waals surface area contributed by atoms with Crippen molar-refractivity contribution in [3.63, 3.8) is 0 Å². The van der Waals surface area contributed by atoms with Gasteiger partial charge in [0.15, 0.2) is 0 Å². The Morgan fingerprint density at radius 1 is 0.857 bits per heavy atom. The van der Waals surface area contributed by atoms with Crippen molar-refractivity contribution >= 4 is 10.8 Å². The van der Waals surface area contributed by atoms with Crippen LogP contribution < -0.4 is 4.74 Å². The van der Waals surface area contributed by atoms with Crippen LogP contribution in [0.25, 0.3) is 10.8 Å². The van der Waals surface area contributed by atoms with Crippen LogP contribution in [-0.2, 0) is 16.9 Å². The summed E-state index contributed by atoms with van der Waals surface area (Å²) in [6.07, 6.45) is 3.10. The Labute approximate surface area is 166 Å². The molecule has 3 aromatic carbocycles. The van der Waals surface area contributed by atoms with Gasteiger partial charge >= 0.3 is 0 Å². The van der Waals surface area contributed by atoms with Gasteiger partial charge in [-0.1, -0.05) is 48.5 Å². The first-order valence-corrected chi connectivity index (χ1v) is 9.98. The highest BCUT2D eigenvalue weighted by Gasteiger charge is 2.41. The third-order valence-corrected chi connectivity index (χ3v) is 6.11. The third-order valence-electron chi connectivity index (χ3n) is 6.11. The summed E-state index contributed by atoms with van der Waals surface area (Å²) in [6, 6.07) is 23.0. The zero-order valence-electron chi connectivity index (χ0n) is 16.7. The van der Waals surface area contributed by atoms with Crippen molar-refractivity contribution in [3.05, 3.63) is 77.9 Å². The average molecular weight is 376 g/mol. The van der Waals surface area contributed by atoms with Crippen molar-refractivity contribution in [2.45, 2.75) is 50.4 Å². The fourth-order valence-corrected chi connectivity index (χ4v) is 4.17. The highest BCUT2D eigenvalue weighted by atomic mass is 16.5. The minimum absolute atomic E-state index is 0.343.